The Morgan fingerprint density at radius 3 is 2.12 bits per heavy atom. The molecule has 0 saturated carbocycles. The zero-order valence-electron chi connectivity index (χ0n) is 18.3. The van der Waals surface area contributed by atoms with Gasteiger partial charge in [-0.2, -0.15) is 26.3 Å². The number of halogens is 6. The van der Waals surface area contributed by atoms with Crippen LogP contribution in [0.5, 0.6) is 0 Å². The maximum absolute atomic E-state index is 13.8. The number of hydrogen-bond donors (Lipinski definition) is 1. The summed E-state index contributed by atoms with van der Waals surface area (Å²) in [6, 6.07) is 4.01. The van der Waals surface area contributed by atoms with E-state index in [4.69, 9.17) is 9.47 Å². The normalized spacial score (nSPS) is 20.1. The van der Waals surface area contributed by atoms with Gasteiger partial charge in [0.2, 0.25) is 0 Å². The SMILES string of the molecule is CCOC(=O)C1=C(C)N/C(=C\C(=O)C(F)(F)F)[C@H](C(=O)OCC)[C@H]1c1ccccc1C(F)(F)F. The number of rotatable bonds is 6. The number of carbonyl (C=O) groups excluding carboxylic acids is 3. The molecule has 34 heavy (non-hydrogen) atoms. The van der Waals surface area contributed by atoms with E-state index in [9.17, 15) is 40.7 Å². The number of ether oxygens (including phenoxy) is 2. The number of ketones is 1. The summed E-state index contributed by atoms with van der Waals surface area (Å²) in [5, 5.41) is 2.39. The maximum Gasteiger partial charge on any atom is 0.454 e. The Labute approximate surface area is 190 Å². The average molecular weight is 493 g/mol. The lowest BCUT2D eigenvalue weighted by Crippen LogP contribution is -2.41. The van der Waals surface area contributed by atoms with Gasteiger partial charge in [-0.3, -0.25) is 9.59 Å². The first-order chi connectivity index (χ1) is 15.7. The number of esters is 2. The minimum Gasteiger partial charge on any atom is -0.465 e. The standard InChI is InChI=1S/C22H21F6NO5/c1-4-33-19(31)16-11(3)29-14(10-15(30)22(26,27)28)18(20(32)34-5-2)17(16)12-8-6-7-9-13(12)21(23,24)25/h6-10,17-18,29H,4-5H2,1-3H3/b14-10-/t17-,18-/m0/s1. The fraction of sp³-hybridized carbons (Fsp3) is 0.409. The van der Waals surface area contributed by atoms with Crippen LogP contribution in [0.25, 0.3) is 0 Å². The Balaban J connectivity index is 2.91. The molecule has 1 aromatic rings. The lowest BCUT2D eigenvalue weighted by atomic mass is 9.73. The van der Waals surface area contributed by atoms with E-state index in [2.05, 4.69) is 5.32 Å². The molecule has 1 heterocycles. The highest BCUT2D eigenvalue weighted by atomic mass is 19.4. The van der Waals surface area contributed by atoms with Crippen LogP contribution in [0.2, 0.25) is 0 Å². The van der Waals surface area contributed by atoms with Crippen LogP contribution in [0.4, 0.5) is 26.3 Å². The van der Waals surface area contributed by atoms with Crippen molar-refractivity contribution in [3.63, 3.8) is 0 Å². The molecule has 186 valence electrons. The molecule has 1 N–H and O–H groups in total. The topological polar surface area (TPSA) is 81.7 Å². The van der Waals surface area contributed by atoms with E-state index < -0.39 is 64.3 Å². The van der Waals surface area contributed by atoms with Gasteiger partial charge < -0.3 is 14.8 Å². The summed E-state index contributed by atoms with van der Waals surface area (Å²) in [6.07, 6.45) is -10.2. The second-order valence-corrected chi connectivity index (χ2v) is 7.14. The van der Waals surface area contributed by atoms with Crippen molar-refractivity contribution < 1.29 is 50.2 Å². The van der Waals surface area contributed by atoms with Gasteiger partial charge in [-0.1, -0.05) is 18.2 Å². The Morgan fingerprint density at radius 2 is 1.59 bits per heavy atom. The monoisotopic (exact) mass is 493 g/mol. The molecule has 0 aliphatic carbocycles. The third-order valence-corrected chi connectivity index (χ3v) is 4.92. The van der Waals surface area contributed by atoms with Gasteiger partial charge in [-0.15, -0.1) is 0 Å². The van der Waals surface area contributed by atoms with Crippen molar-refractivity contribution in [2.45, 2.75) is 39.0 Å². The molecule has 0 bridgehead atoms. The van der Waals surface area contributed by atoms with Crippen molar-refractivity contribution in [2.24, 2.45) is 5.92 Å². The van der Waals surface area contributed by atoms with Crippen LogP contribution in [0.15, 0.2) is 47.3 Å². The molecule has 1 aromatic carbocycles. The molecule has 2 rings (SSSR count). The molecular weight excluding hydrogens is 472 g/mol. The summed E-state index contributed by atoms with van der Waals surface area (Å²) in [5.74, 6) is -8.32. The first-order valence-corrected chi connectivity index (χ1v) is 10.0. The molecule has 1 aliphatic heterocycles. The Kier molecular flexibility index (Phi) is 8.17. The molecular formula is C22H21F6NO5. The van der Waals surface area contributed by atoms with Gasteiger partial charge in [0, 0.05) is 23.4 Å². The van der Waals surface area contributed by atoms with Crippen LogP contribution in [0, 0.1) is 5.92 Å². The summed E-state index contributed by atoms with van der Waals surface area (Å²) in [5.41, 5.74) is -3.03. The number of alkyl halides is 6. The molecule has 0 radical (unpaired) electrons. The van der Waals surface area contributed by atoms with Gasteiger partial charge >= 0.3 is 24.3 Å². The molecule has 1 aliphatic rings. The Morgan fingerprint density at radius 1 is 1.00 bits per heavy atom. The Hall–Kier alpha value is -3.31. The first-order valence-electron chi connectivity index (χ1n) is 10.0. The number of hydrogen-bond acceptors (Lipinski definition) is 6. The second-order valence-electron chi connectivity index (χ2n) is 7.14. The number of carbonyl (C=O) groups is 3. The van der Waals surface area contributed by atoms with Crippen LogP contribution in [-0.2, 0) is 30.0 Å². The van der Waals surface area contributed by atoms with Gasteiger partial charge in [-0.05, 0) is 32.4 Å². The van der Waals surface area contributed by atoms with Crippen molar-refractivity contribution in [2.75, 3.05) is 13.2 Å². The van der Waals surface area contributed by atoms with Gasteiger partial charge in [0.25, 0.3) is 5.78 Å². The van der Waals surface area contributed by atoms with Crippen LogP contribution in [0.3, 0.4) is 0 Å². The van der Waals surface area contributed by atoms with Gasteiger partial charge in [0.1, 0.15) is 5.92 Å². The van der Waals surface area contributed by atoms with E-state index in [0.29, 0.717) is 6.07 Å². The predicted octanol–water partition coefficient (Wildman–Crippen LogP) is 4.42. The third kappa shape index (κ3) is 5.78. The molecule has 0 amide bonds. The summed E-state index contributed by atoms with van der Waals surface area (Å²) >= 11 is 0. The molecule has 6 nitrogen and oxygen atoms in total. The van der Waals surface area contributed by atoms with Gasteiger partial charge in [0.15, 0.2) is 0 Å². The summed E-state index contributed by atoms with van der Waals surface area (Å²) < 4.78 is 90.2. The van der Waals surface area contributed by atoms with Crippen molar-refractivity contribution in [3.8, 4) is 0 Å². The maximum atomic E-state index is 13.8. The molecule has 2 atom stereocenters. The highest BCUT2D eigenvalue weighted by Crippen LogP contribution is 2.46. The summed E-state index contributed by atoms with van der Waals surface area (Å²) in [6.45, 7) is 3.61. The summed E-state index contributed by atoms with van der Waals surface area (Å²) in [7, 11) is 0. The van der Waals surface area contributed by atoms with E-state index in [-0.39, 0.29) is 25.0 Å². The lowest BCUT2D eigenvalue weighted by molar-refractivity contribution is -0.165. The second kappa shape index (κ2) is 10.3. The fourth-order valence-corrected chi connectivity index (χ4v) is 3.64. The van der Waals surface area contributed by atoms with Crippen molar-refractivity contribution in [1.82, 2.24) is 5.32 Å². The lowest BCUT2D eigenvalue weighted by Gasteiger charge is -2.36. The van der Waals surface area contributed by atoms with Crippen LogP contribution >= 0.6 is 0 Å². The van der Waals surface area contributed by atoms with Crippen molar-refractivity contribution >= 4 is 17.7 Å². The van der Waals surface area contributed by atoms with Crippen molar-refractivity contribution in [3.05, 3.63) is 58.4 Å². The minimum atomic E-state index is -5.31. The number of allylic oxidation sites excluding steroid dienone is 2. The van der Waals surface area contributed by atoms with E-state index >= 15 is 0 Å². The highest BCUT2D eigenvalue weighted by molar-refractivity contribution is 5.98. The van der Waals surface area contributed by atoms with Crippen LogP contribution in [-0.4, -0.2) is 37.1 Å². The van der Waals surface area contributed by atoms with Crippen LogP contribution < -0.4 is 5.32 Å². The van der Waals surface area contributed by atoms with Crippen LogP contribution in [0.1, 0.15) is 37.8 Å². The first kappa shape index (κ1) is 26.9. The van der Waals surface area contributed by atoms with E-state index in [1.54, 1.807) is 0 Å². The zero-order valence-corrected chi connectivity index (χ0v) is 18.3. The third-order valence-electron chi connectivity index (χ3n) is 4.92. The molecule has 12 heteroatoms. The van der Waals surface area contributed by atoms with Gasteiger partial charge in [0.05, 0.1) is 24.4 Å². The quantitative estimate of drug-likeness (QED) is 0.359. The number of nitrogens with one attached hydrogen (secondary N) is 1. The van der Waals surface area contributed by atoms with E-state index in [0.717, 1.165) is 12.1 Å². The molecule has 0 unspecified atom stereocenters. The smallest absolute Gasteiger partial charge is 0.454 e. The molecule has 0 fully saturated rings. The van der Waals surface area contributed by atoms with Gasteiger partial charge in [-0.25, -0.2) is 4.79 Å². The fourth-order valence-electron chi connectivity index (χ4n) is 3.64. The van der Waals surface area contributed by atoms with E-state index in [1.807, 2.05) is 0 Å². The molecule has 0 aromatic heterocycles. The predicted molar refractivity (Wildman–Crippen MR) is 106 cm³/mol. The van der Waals surface area contributed by atoms with E-state index in [1.165, 1.54) is 26.8 Å². The largest absolute Gasteiger partial charge is 0.465 e. The number of benzene rings is 1. The minimum absolute atomic E-state index is 0.0796. The molecule has 0 saturated heterocycles. The highest BCUT2D eigenvalue weighted by Gasteiger charge is 2.48. The zero-order chi connectivity index (χ0) is 25.8. The Bertz CT molecular complexity index is 1030. The molecule has 0 spiro atoms. The summed E-state index contributed by atoms with van der Waals surface area (Å²) in [4.78, 5) is 37.3. The van der Waals surface area contributed by atoms with Crippen molar-refractivity contribution in [1.29, 1.82) is 0 Å². The average Bonchev–Trinajstić information content (AvgIpc) is 2.72.